The van der Waals surface area contributed by atoms with Crippen LogP contribution >= 0.6 is 0 Å². The molecule has 0 amide bonds. The third-order valence-corrected chi connectivity index (χ3v) is 5.39. The molecule has 0 aliphatic carbocycles. The smallest absolute Gasteiger partial charge is 0.224 e. The number of hydrogen-bond acceptors (Lipinski definition) is 5. The molecule has 0 spiro atoms. The van der Waals surface area contributed by atoms with E-state index in [0.717, 1.165) is 12.5 Å². The normalized spacial score (nSPS) is 12.9. The number of nitrogen functional groups attached to an aromatic ring is 1. The maximum atomic E-state index is 11.4. The van der Waals surface area contributed by atoms with Crippen molar-refractivity contribution in [1.29, 1.82) is 0 Å². The first-order valence-electron chi connectivity index (χ1n) is 4.63. The Bertz CT molecular complexity index is 558. The van der Waals surface area contributed by atoms with Crippen LogP contribution in [0.25, 0.3) is 0 Å². The summed E-state index contributed by atoms with van der Waals surface area (Å²) in [5, 5.41) is 0. The highest BCUT2D eigenvalue weighted by Crippen LogP contribution is 2.13. The molecule has 0 saturated heterocycles. The molecule has 0 unspecified atom stereocenters. The Hall–Kier alpha value is -1.12. The third kappa shape index (κ3) is 3.99. The third-order valence-electron chi connectivity index (χ3n) is 2.03. The topological polar surface area (TPSA) is 97.5 Å². The van der Waals surface area contributed by atoms with Gasteiger partial charge in [-0.25, -0.2) is 16.8 Å². The fourth-order valence-electron chi connectivity index (χ4n) is 1.25. The number of benzene rings is 1. The Morgan fingerprint density at radius 2 is 1.41 bits per heavy atom. The molecule has 1 rings (SSSR count). The maximum Gasteiger partial charge on any atom is 0.224 e. The van der Waals surface area contributed by atoms with Crippen LogP contribution < -0.4 is 5.73 Å². The standard InChI is InChI=1S/C9H14N2O4S2/c1-16(12,13)11(17(2,14)15)7-8-3-5-9(10)6-4-8/h3-6H,7,10H2,1-2H3. The van der Waals surface area contributed by atoms with Gasteiger partial charge in [-0.1, -0.05) is 15.8 Å². The van der Waals surface area contributed by atoms with Gasteiger partial charge in [0.1, 0.15) is 0 Å². The molecule has 0 bridgehead atoms. The average molecular weight is 278 g/mol. The van der Waals surface area contributed by atoms with Crippen molar-refractivity contribution in [2.45, 2.75) is 6.54 Å². The van der Waals surface area contributed by atoms with Crippen LogP contribution in [-0.4, -0.2) is 33.1 Å². The van der Waals surface area contributed by atoms with Crippen molar-refractivity contribution in [3.8, 4) is 0 Å². The molecule has 1 aromatic carbocycles. The Morgan fingerprint density at radius 3 is 1.76 bits per heavy atom. The largest absolute Gasteiger partial charge is 0.399 e. The van der Waals surface area contributed by atoms with Crippen molar-refractivity contribution in [3.05, 3.63) is 29.8 Å². The molecule has 0 aliphatic rings. The fraction of sp³-hybridized carbons (Fsp3) is 0.333. The Morgan fingerprint density at radius 1 is 1.00 bits per heavy atom. The molecule has 0 radical (unpaired) electrons. The van der Waals surface area contributed by atoms with Crippen molar-refractivity contribution in [2.24, 2.45) is 0 Å². The van der Waals surface area contributed by atoms with Gasteiger partial charge >= 0.3 is 0 Å². The molecule has 8 heteroatoms. The number of nitrogens with zero attached hydrogens (tertiary/aromatic N) is 1. The predicted octanol–water partition coefficient (Wildman–Crippen LogP) is -0.0100. The lowest BCUT2D eigenvalue weighted by molar-refractivity contribution is 0.503. The summed E-state index contributed by atoms with van der Waals surface area (Å²) in [6.07, 6.45) is 1.71. The van der Waals surface area contributed by atoms with Crippen LogP contribution in [-0.2, 0) is 26.6 Å². The number of rotatable bonds is 4. The second-order valence-corrected chi connectivity index (χ2v) is 7.74. The fourth-order valence-corrected chi connectivity index (χ4v) is 3.99. The van der Waals surface area contributed by atoms with E-state index in [1.807, 2.05) is 0 Å². The summed E-state index contributed by atoms with van der Waals surface area (Å²) in [5.74, 6) is 0. The molecule has 0 heterocycles. The van der Waals surface area contributed by atoms with E-state index in [0.29, 0.717) is 15.0 Å². The highest BCUT2D eigenvalue weighted by molar-refractivity contribution is 8.03. The SMILES string of the molecule is CS(=O)(=O)N(Cc1ccc(N)cc1)S(C)(=O)=O. The van der Waals surface area contributed by atoms with Crippen LogP contribution in [0.2, 0.25) is 0 Å². The molecule has 96 valence electrons. The molecule has 2 N–H and O–H groups in total. The van der Waals surface area contributed by atoms with Gasteiger partial charge in [0.05, 0.1) is 19.1 Å². The van der Waals surface area contributed by atoms with Crippen LogP contribution in [0.3, 0.4) is 0 Å². The molecular formula is C9H14N2O4S2. The first kappa shape index (κ1) is 13.9. The average Bonchev–Trinajstić information content (AvgIpc) is 2.13. The number of hydrogen-bond donors (Lipinski definition) is 1. The van der Waals surface area contributed by atoms with Crippen molar-refractivity contribution >= 4 is 25.7 Å². The minimum absolute atomic E-state index is 0.224. The number of sulfonamides is 2. The van der Waals surface area contributed by atoms with Gasteiger partial charge in [0.25, 0.3) is 0 Å². The summed E-state index contributed by atoms with van der Waals surface area (Å²) in [5.41, 5.74) is 6.56. The van der Waals surface area contributed by atoms with E-state index in [1.54, 1.807) is 24.3 Å². The molecule has 6 nitrogen and oxygen atoms in total. The van der Waals surface area contributed by atoms with E-state index < -0.39 is 20.0 Å². The second-order valence-electron chi connectivity index (χ2n) is 3.70. The van der Waals surface area contributed by atoms with Crippen molar-refractivity contribution in [3.63, 3.8) is 0 Å². The summed E-state index contributed by atoms with van der Waals surface area (Å²) in [6, 6.07) is 6.33. The van der Waals surface area contributed by atoms with Gasteiger partial charge in [0.2, 0.25) is 20.0 Å². The predicted molar refractivity (Wildman–Crippen MR) is 66.1 cm³/mol. The molecule has 17 heavy (non-hydrogen) atoms. The summed E-state index contributed by atoms with van der Waals surface area (Å²) in [6.45, 7) is -0.224. The van der Waals surface area contributed by atoms with Crippen LogP contribution in [0.4, 0.5) is 5.69 Å². The van der Waals surface area contributed by atoms with E-state index >= 15 is 0 Å². The molecule has 0 aliphatic heterocycles. The molecule has 1 aromatic rings. The Balaban J connectivity index is 3.09. The lowest BCUT2D eigenvalue weighted by Gasteiger charge is -2.17. The van der Waals surface area contributed by atoms with Crippen LogP contribution in [0, 0.1) is 0 Å². The Labute approximate surface area is 101 Å². The van der Waals surface area contributed by atoms with E-state index in [4.69, 9.17) is 5.73 Å². The number of nitrogens with two attached hydrogens (primary N) is 1. The lowest BCUT2D eigenvalue weighted by atomic mass is 10.2. The molecule has 0 aromatic heterocycles. The zero-order chi connectivity index (χ0) is 13.3. The van der Waals surface area contributed by atoms with E-state index in [1.165, 1.54) is 0 Å². The quantitative estimate of drug-likeness (QED) is 0.781. The summed E-state index contributed by atoms with van der Waals surface area (Å²) >= 11 is 0. The first-order chi connectivity index (χ1) is 7.60. The zero-order valence-corrected chi connectivity index (χ0v) is 11.1. The highest BCUT2D eigenvalue weighted by Gasteiger charge is 2.26. The first-order valence-corrected chi connectivity index (χ1v) is 8.32. The molecule has 0 saturated carbocycles. The lowest BCUT2D eigenvalue weighted by Crippen LogP contribution is -2.34. The highest BCUT2D eigenvalue weighted by atomic mass is 32.3. The van der Waals surface area contributed by atoms with Gasteiger partial charge in [-0.2, -0.15) is 0 Å². The molecule has 0 atom stereocenters. The van der Waals surface area contributed by atoms with E-state index in [9.17, 15) is 16.8 Å². The van der Waals surface area contributed by atoms with Gasteiger partial charge in [0.15, 0.2) is 0 Å². The summed E-state index contributed by atoms with van der Waals surface area (Å²) in [7, 11) is -7.63. The van der Waals surface area contributed by atoms with Crippen LogP contribution in [0.5, 0.6) is 0 Å². The van der Waals surface area contributed by atoms with E-state index in [2.05, 4.69) is 0 Å². The van der Waals surface area contributed by atoms with Crippen LogP contribution in [0.15, 0.2) is 24.3 Å². The maximum absolute atomic E-state index is 11.4. The minimum atomic E-state index is -3.82. The van der Waals surface area contributed by atoms with Crippen LogP contribution in [0.1, 0.15) is 5.56 Å². The van der Waals surface area contributed by atoms with Crippen molar-refractivity contribution < 1.29 is 16.8 Å². The van der Waals surface area contributed by atoms with E-state index in [-0.39, 0.29) is 6.54 Å². The molecule has 0 fully saturated rings. The van der Waals surface area contributed by atoms with Gasteiger partial charge in [-0.15, -0.1) is 0 Å². The van der Waals surface area contributed by atoms with Gasteiger partial charge in [-0.3, -0.25) is 0 Å². The van der Waals surface area contributed by atoms with Crippen molar-refractivity contribution in [2.75, 3.05) is 18.2 Å². The van der Waals surface area contributed by atoms with Gasteiger partial charge in [-0.05, 0) is 17.7 Å². The Kier molecular flexibility index (Phi) is 3.80. The zero-order valence-electron chi connectivity index (χ0n) is 9.49. The molecular weight excluding hydrogens is 264 g/mol. The summed E-state index contributed by atoms with van der Waals surface area (Å²) < 4.78 is 45.9. The number of anilines is 1. The monoisotopic (exact) mass is 278 g/mol. The summed E-state index contributed by atoms with van der Waals surface area (Å²) in [4.78, 5) is 0. The van der Waals surface area contributed by atoms with Gasteiger partial charge in [0, 0.05) is 5.69 Å². The second kappa shape index (κ2) is 4.63. The van der Waals surface area contributed by atoms with Crippen molar-refractivity contribution in [1.82, 2.24) is 3.71 Å². The minimum Gasteiger partial charge on any atom is -0.399 e. The van der Waals surface area contributed by atoms with Gasteiger partial charge < -0.3 is 5.73 Å².